The van der Waals surface area contributed by atoms with Crippen LogP contribution in [-0.4, -0.2) is 20.4 Å². The summed E-state index contributed by atoms with van der Waals surface area (Å²) >= 11 is 0. The van der Waals surface area contributed by atoms with Crippen molar-refractivity contribution in [3.05, 3.63) is 66.9 Å². The molecule has 1 N–H and O–H groups in total. The molecule has 0 aliphatic carbocycles. The van der Waals surface area contributed by atoms with E-state index in [1.165, 1.54) is 6.92 Å². The van der Waals surface area contributed by atoms with Gasteiger partial charge in [-0.25, -0.2) is 9.97 Å². The van der Waals surface area contributed by atoms with Crippen LogP contribution in [0.5, 0.6) is 0 Å². The van der Waals surface area contributed by atoms with E-state index in [1.807, 2.05) is 53.2 Å². The van der Waals surface area contributed by atoms with Crippen LogP contribution in [0.1, 0.15) is 12.7 Å². The van der Waals surface area contributed by atoms with E-state index in [0.29, 0.717) is 6.54 Å². The van der Waals surface area contributed by atoms with Crippen LogP contribution in [0, 0.1) is 0 Å². The molecule has 3 heterocycles. The summed E-state index contributed by atoms with van der Waals surface area (Å²) in [5, 5.41) is 3.74. The molecule has 4 aromatic rings. The number of fused-ring (bicyclic) bond motifs is 1. The molecule has 0 aliphatic rings. The number of nitrogens with zero attached hydrogens (tertiary/aromatic N) is 3. The zero-order chi connectivity index (χ0) is 17.2. The first-order valence-electron chi connectivity index (χ1n) is 7.91. The van der Waals surface area contributed by atoms with E-state index >= 15 is 0 Å². The molecule has 0 bridgehead atoms. The summed E-state index contributed by atoms with van der Waals surface area (Å²) < 4.78 is 7.41. The first kappa shape index (κ1) is 15.1. The highest BCUT2D eigenvalue weighted by atomic mass is 16.3. The average molecular weight is 332 g/mol. The number of anilines is 1. The van der Waals surface area contributed by atoms with Gasteiger partial charge >= 0.3 is 0 Å². The Morgan fingerprint density at radius 3 is 2.96 bits per heavy atom. The molecule has 6 nitrogen and oxygen atoms in total. The fraction of sp³-hybridized carbons (Fsp3) is 0.105. The van der Waals surface area contributed by atoms with E-state index < -0.39 is 0 Å². The smallest absolute Gasteiger partial charge is 0.221 e. The molecule has 1 amide bonds. The van der Waals surface area contributed by atoms with Crippen LogP contribution < -0.4 is 5.32 Å². The zero-order valence-electron chi connectivity index (χ0n) is 13.6. The van der Waals surface area contributed by atoms with Gasteiger partial charge in [-0.3, -0.25) is 4.79 Å². The molecule has 0 saturated carbocycles. The summed E-state index contributed by atoms with van der Waals surface area (Å²) in [6.07, 6.45) is 5.32. The number of pyridine rings is 1. The molecule has 0 atom stereocenters. The fourth-order valence-electron chi connectivity index (χ4n) is 2.77. The van der Waals surface area contributed by atoms with Gasteiger partial charge in [0.15, 0.2) is 5.82 Å². The van der Waals surface area contributed by atoms with Gasteiger partial charge in [0.2, 0.25) is 5.91 Å². The Bertz CT molecular complexity index is 1030. The first-order valence-corrected chi connectivity index (χ1v) is 7.91. The van der Waals surface area contributed by atoms with Crippen LogP contribution in [0.3, 0.4) is 0 Å². The number of carbonyl (C=O) groups is 1. The molecular weight excluding hydrogens is 316 g/mol. The second-order valence-corrected chi connectivity index (χ2v) is 5.74. The van der Waals surface area contributed by atoms with Gasteiger partial charge in [-0.05, 0) is 36.4 Å². The van der Waals surface area contributed by atoms with Gasteiger partial charge in [-0.1, -0.05) is 6.07 Å². The van der Waals surface area contributed by atoms with Crippen LogP contribution in [0.15, 0.2) is 65.5 Å². The normalized spacial score (nSPS) is 10.9. The third-order valence-electron chi connectivity index (χ3n) is 3.86. The van der Waals surface area contributed by atoms with Crippen LogP contribution in [0.4, 0.5) is 5.69 Å². The minimum Gasteiger partial charge on any atom is -0.467 e. The molecule has 124 valence electrons. The number of carbonyl (C=O) groups excluding carboxylic acids is 1. The minimum atomic E-state index is -0.0936. The molecule has 0 aliphatic heterocycles. The zero-order valence-corrected chi connectivity index (χ0v) is 13.6. The number of benzene rings is 1. The topological polar surface area (TPSA) is 73.0 Å². The first-order chi connectivity index (χ1) is 12.2. The summed E-state index contributed by atoms with van der Waals surface area (Å²) in [5.74, 6) is 1.55. The Balaban J connectivity index is 1.68. The predicted molar refractivity (Wildman–Crippen MR) is 95.1 cm³/mol. The van der Waals surface area contributed by atoms with E-state index in [2.05, 4.69) is 10.3 Å². The quantitative estimate of drug-likeness (QED) is 0.618. The Labute approximate surface area is 144 Å². The van der Waals surface area contributed by atoms with Gasteiger partial charge in [0.1, 0.15) is 11.5 Å². The van der Waals surface area contributed by atoms with Gasteiger partial charge < -0.3 is 14.3 Å². The Hall–Kier alpha value is -3.41. The lowest BCUT2D eigenvalue weighted by Gasteiger charge is -2.08. The van der Waals surface area contributed by atoms with Crippen molar-refractivity contribution in [2.45, 2.75) is 13.5 Å². The summed E-state index contributed by atoms with van der Waals surface area (Å²) in [7, 11) is 0. The van der Waals surface area contributed by atoms with Crippen molar-refractivity contribution in [2.75, 3.05) is 5.32 Å². The third kappa shape index (κ3) is 3.14. The largest absolute Gasteiger partial charge is 0.467 e. The molecule has 0 fully saturated rings. The highest BCUT2D eigenvalue weighted by Gasteiger charge is 2.10. The lowest BCUT2D eigenvalue weighted by atomic mass is 10.1. The van der Waals surface area contributed by atoms with Gasteiger partial charge in [-0.15, -0.1) is 0 Å². The summed E-state index contributed by atoms with van der Waals surface area (Å²) in [6, 6.07) is 13.4. The Morgan fingerprint density at radius 2 is 2.16 bits per heavy atom. The standard InChI is InChI=1S/C19H16N4O2/c1-13(24)21-15-5-7-17-14(11-15)4-6-18(22-17)19-20-8-9-23(19)12-16-3-2-10-25-16/h2-11H,12H2,1H3,(H,21,24). The van der Waals surface area contributed by atoms with Crippen LogP contribution in [0.25, 0.3) is 22.4 Å². The number of imidazole rings is 1. The van der Waals surface area contributed by atoms with Crippen molar-refractivity contribution in [2.24, 2.45) is 0 Å². The maximum atomic E-state index is 11.2. The predicted octanol–water partition coefficient (Wildman–Crippen LogP) is 3.70. The lowest BCUT2D eigenvalue weighted by Crippen LogP contribution is -2.05. The van der Waals surface area contributed by atoms with Crippen molar-refractivity contribution >= 4 is 22.5 Å². The second kappa shape index (κ2) is 6.24. The maximum Gasteiger partial charge on any atom is 0.221 e. The highest BCUT2D eigenvalue weighted by Crippen LogP contribution is 2.23. The maximum absolute atomic E-state index is 11.2. The van der Waals surface area contributed by atoms with Crippen molar-refractivity contribution in [1.29, 1.82) is 0 Å². The Kier molecular flexibility index (Phi) is 3.78. The highest BCUT2D eigenvalue weighted by molar-refractivity contribution is 5.92. The molecule has 0 radical (unpaired) electrons. The van der Waals surface area contributed by atoms with Crippen LogP contribution in [-0.2, 0) is 11.3 Å². The molecule has 25 heavy (non-hydrogen) atoms. The monoisotopic (exact) mass is 332 g/mol. The second-order valence-electron chi connectivity index (χ2n) is 5.74. The van der Waals surface area contributed by atoms with Crippen molar-refractivity contribution < 1.29 is 9.21 Å². The van der Waals surface area contributed by atoms with E-state index in [4.69, 9.17) is 9.40 Å². The van der Waals surface area contributed by atoms with Gasteiger partial charge in [-0.2, -0.15) is 0 Å². The van der Waals surface area contributed by atoms with Gasteiger partial charge in [0.25, 0.3) is 0 Å². The number of hydrogen-bond acceptors (Lipinski definition) is 4. The van der Waals surface area contributed by atoms with E-state index in [0.717, 1.165) is 33.9 Å². The van der Waals surface area contributed by atoms with Crippen molar-refractivity contribution in [1.82, 2.24) is 14.5 Å². The molecule has 4 rings (SSSR count). The summed E-state index contributed by atoms with van der Waals surface area (Å²) in [4.78, 5) is 20.3. The SMILES string of the molecule is CC(=O)Nc1ccc2nc(-c3nccn3Cc3ccco3)ccc2c1. The molecule has 1 aromatic carbocycles. The minimum absolute atomic E-state index is 0.0936. The van der Waals surface area contributed by atoms with E-state index in [9.17, 15) is 4.79 Å². The number of hydrogen-bond donors (Lipinski definition) is 1. The van der Waals surface area contributed by atoms with Crippen LogP contribution in [0.2, 0.25) is 0 Å². The average Bonchev–Trinajstić information content (AvgIpc) is 3.26. The van der Waals surface area contributed by atoms with E-state index in [1.54, 1.807) is 12.5 Å². The molecule has 0 spiro atoms. The third-order valence-corrected chi connectivity index (χ3v) is 3.86. The molecular formula is C19H16N4O2. The van der Waals surface area contributed by atoms with E-state index in [-0.39, 0.29) is 5.91 Å². The number of aromatic nitrogens is 3. The molecule has 0 saturated heterocycles. The summed E-state index contributed by atoms with van der Waals surface area (Å²) in [6.45, 7) is 2.09. The fourth-order valence-corrected chi connectivity index (χ4v) is 2.77. The Morgan fingerprint density at radius 1 is 1.24 bits per heavy atom. The number of furan rings is 1. The number of nitrogens with one attached hydrogen (secondary N) is 1. The molecule has 6 heteroatoms. The lowest BCUT2D eigenvalue weighted by molar-refractivity contribution is -0.114. The molecule has 0 unspecified atom stereocenters. The summed E-state index contributed by atoms with van der Waals surface area (Å²) in [5.41, 5.74) is 2.39. The van der Waals surface area contributed by atoms with Crippen molar-refractivity contribution in [3.8, 4) is 11.5 Å². The molecule has 3 aromatic heterocycles. The van der Waals surface area contributed by atoms with Crippen molar-refractivity contribution in [3.63, 3.8) is 0 Å². The van der Waals surface area contributed by atoms with Gasteiger partial charge in [0, 0.05) is 30.4 Å². The number of amides is 1. The van der Waals surface area contributed by atoms with Gasteiger partial charge in [0.05, 0.1) is 18.3 Å². The number of rotatable bonds is 4. The van der Waals surface area contributed by atoms with Crippen LogP contribution >= 0.6 is 0 Å².